The van der Waals surface area contributed by atoms with Crippen molar-refractivity contribution >= 4 is 12.6 Å². The Balaban J connectivity index is 2.51. The summed E-state index contributed by atoms with van der Waals surface area (Å²) in [7, 11) is 0. The number of benzene rings is 1. The van der Waals surface area contributed by atoms with E-state index in [1.54, 1.807) is 0 Å². The molecule has 0 heterocycles. The van der Waals surface area contributed by atoms with Gasteiger partial charge in [0.05, 0.1) is 0 Å². The van der Waals surface area contributed by atoms with Crippen LogP contribution in [-0.4, -0.2) is 17.5 Å². The second kappa shape index (κ2) is 5.22. The van der Waals surface area contributed by atoms with E-state index in [9.17, 15) is 0 Å². The molecule has 2 heteroatoms. The first-order chi connectivity index (χ1) is 5.86. The van der Waals surface area contributed by atoms with Crippen LogP contribution in [0.2, 0.25) is 0 Å². The van der Waals surface area contributed by atoms with Crippen LogP contribution in [-0.2, 0) is 6.42 Å². The van der Waals surface area contributed by atoms with E-state index in [1.165, 1.54) is 5.56 Å². The maximum absolute atomic E-state index is 8.94. The van der Waals surface area contributed by atoms with Gasteiger partial charge in [-0.05, 0) is 23.7 Å². The van der Waals surface area contributed by atoms with Crippen LogP contribution in [0.15, 0.2) is 30.3 Å². The fourth-order valence-electron chi connectivity index (χ4n) is 1.13. The monoisotopic (exact) mass is 182 g/mol. The van der Waals surface area contributed by atoms with Gasteiger partial charge in [-0.25, -0.2) is 0 Å². The van der Waals surface area contributed by atoms with E-state index >= 15 is 0 Å². The van der Waals surface area contributed by atoms with Crippen LogP contribution in [0.25, 0.3) is 0 Å². The van der Waals surface area contributed by atoms with Crippen LogP contribution in [0.1, 0.15) is 5.56 Å². The molecule has 0 aliphatic rings. The summed E-state index contributed by atoms with van der Waals surface area (Å²) in [5, 5.41) is 8.94. The van der Waals surface area contributed by atoms with E-state index in [2.05, 4.69) is 24.8 Å². The molecule has 0 aromatic heterocycles. The van der Waals surface area contributed by atoms with Crippen LogP contribution in [0.5, 0.6) is 0 Å². The molecule has 0 fully saturated rings. The fourth-order valence-corrected chi connectivity index (χ4v) is 1.38. The van der Waals surface area contributed by atoms with Crippen molar-refractivity contribution < 1.29 is 5.11 Å². The second-order valence-electron chi connectivity index (χ2n) is 2.92. The van der Waals surface area contributed by atoms with Gasteiger partial charge in [-0.3, -0.25) is 0 Å². The maximum atomic E-state index is 8.94. The van der Waals surface area contributed by atoms with Crippen LogP contribution in [0, 0.1) is 5.92 Å². The molecule has 1 rings (SSSR count). The van der Waals surface area contributed by atoms with Gasteiger partial charge in [-0.15, -0.1) is 0 Å². The second-order valence-corrected chi connectivity index (χ2v) is 3.29. The molecule has 1 aromatic carbocycles. The Bertz CT molecular complexity index is 206. The first-order valence-corrected chi connectivity index (χ1v) is 4.75. The summed E-state index contributed by atoms with van der Waals surface area (Å²) in [5.41, 5.74) is 1.27. The van der Waals surface area contributed by atoms with Crippen molar-refractivity contribution in [3.05, 3.63) is 35.9 Å². The van der Waals surface area contributed by atoms with Crippen molar-refractivity contribution in [3.63, 3.8) is 0 Å². The molecule has 12 heavy (non-hydrogen) atoms. The lowest BCUT2D eigenvalue weighted by Crippen LogP contribution is -2.10. The van der Waals surface area contributed by atoms with E-state index < -0.39 is 0 Å². The molecule has 0 saturated heterocycles. The standard InChI is InChI=1S/C10H14OS/c11-7-10(8-12)6-9-4-2-1-3-5-9/h1-5,10-12H,6-8H2. The van der Waals surface area contributed by atoms with Gasteiger partial charge in [0.25, 0.3) is 0 Å². The van der Waals surface area contributed by atoms with Crippen molar-refractivity contribution in [2.45, 2.75) is 6.42 Å². The lowest BCUT2D eigenvalue weighted by Gasteiger charge is -2.09. The molecule has 0 amide bonds. The van der Waals surface area contributed by atoms with Crippen molar-refractivity contribution in [1.29, 1.82) is 0 Å². The molecule has 0 aliphatic heterocycles. The van der Waals surface area contributed by atoms with Crippen molar-refractivity contribution in [2.75, 3.05) is 12.4 Å². The lowest BCUT2D eigenvalue weighted by atomic mass is 10.0. The Labute approximate surface area is 78.8 Å². The van der Waals surface area contributed by atoms with E-state index in [0.717, 1.165) is 12.2 Å². The average molecular weight is 182 g/mol. The Morgan fingerprint density at radius 1 is 1.25 bits per heavy atom. The summed E-state index contributed by atoms with van der Waals surface area (Å²) >= 11 is 4.17. The number of aliphatic hydroxyl groups excluding tert-OH is 1. The molecule has 0 bridgehead atoms. The molecule has 1 aromatic rings. The first kappa shape index (κ1) is 9.62. The molecule has 1 N–H and O–H groups in total. The van der Waals surface area contributed by atoms with Gasteiger partial charge < -0.3 is 5.11 Å². The van der Waals surface area contributed by atoms with E-state index in [-0.39, 0.29) is 12.5 Å². The summed E-state index contributed by atoms with van der Waals surface area (Å²) in [4.78, 5) is 0. The van der Waals surface area contributed by atoms with E-state index in [4.69, 9.17) is 5.11 Å². The molecule has 1 unspecified atom stereocenters. The predicted molar refractivity (Wildman–Crippen MR) is 54.6 cm³/mol. The van der Waals surface area contributed by atoms with Gasteiger partial charge in [0.1, 0.15) is 0 Å². The molecule has 1 atom stereocenters. The highest BCUT2D eigenvalue weighted by atomic mass is 32.1. The minimum Gasteiger partial charge on any atom is -0.396 e. The number of thiol groups is 1. The van der Waals surface area contributed by atoms with Crippen LogP contribution >= 0.6 is 12.6 Å². The van der Waals surface area contributed by atoms with E-state index in [0.29, 0.717) is 0 Å². The lowest BCUT2D eigenvalue weighted by molar-refractivity contribution is 0.240. The smallest absolute Gasteiger partial charge is 0.0470 e. The minimum atomic E-state index is 0.221. The highest BCUT2D eigenvalue weighted by Gasteiger charge is 2.04. The quantitative estimate of drug-likeness (QED) is 0.680. The molecule has 0 saturated carbocycles. The normalized spacial score (nSPS) is 12.8. The Morgan fingerprint density at radius 2 is 1.92 bits per heavy atom. The summed E-state index contributed by atoms with van der Waals surface area (Å²) < 4.78 is 0. The van der Waals surface area contributed by atoms with Crippen LogP contribution < -0.4 is 0 Å². The molecule has 66 valence electrons. The Kier molecular flexibility index (Phi) is 4.19. The van der Waals surface area contributed by atoms with Crippen molar-refractivity contribution in [1.82, 2.24) is 0 Å². The first-order valence-electron chi connectivity index (χ1n) is 4.12. The SMILES string of the molecule is OCC(CS)Cc1ccccc1. The largest absolute Gasteiger partial charge is 0.396 e. The highest BCUT2D eigenvalue weighted by Crippen LogP contribution is 2.08. The summed E-state index contributed by atoms with van der Waals surface area (Å²) in [5.74, 6) is 1.03. The predicted octanol–water partition coefficient (Wildman–Crippen LogP) is 1.77. The zero-order valence-electron chi connectivity index (χ0n) is 6.98. The number of hydrogen-bond donors (Lipinski definition) is 2. The summed E-state index contributed by atoms with van der Waals surface area (Å²) in [6.07, 6.45) is 0.918. The Hall–Kier alpha value is -0.470. The third kappa shape index (κ3) is 2.88. The van der Waals surface area contributed by atoms with Crippen molar-refractivity contribution in [3.8, 4) is 0 Å². The van der Waals surface area contributed by atoms with Gasteiger partial charge in [0.15, 0.2) is 0 Å². The molecule has 0 radical (unpaired) electrons. The zero-order valence-corrected chi connectivity index (χ0v) is 7.87. The molecule has 1 nitrogen and oxygen atoms in total. The molecular weight excluding hydrogens is 168 g/mol. The maximum Gasteiger partial charge on any atom is 0.0470 e. The zero-order chi connectivity index (χ0) is 8.81. The van der Waals surface area contributed by atoms with Gasteiger partial charge >= 0.3 is 0 Å². The summed E-state index contributed by atoms with van der Waals surface area (Å²) in [6, 6.07) is 10.2. The number of rotatable bonds is 4. The van der Waals surface area contributed by atoms with Gasteiger partial charge in [-0.2, -0.15) is 12.6 Å². The fraction of sp³-hybridized carbons (Fsp3) is 0.400. The average Bonchev–Trinajstić information content (AvgIpc) is 2.16. The van der Waals surface area contributed by atoms with Crippen molar-refractivity contribution in [2.24, 2.45) is 5.92 Å². The van der Waals surface area contributed by atoms with E-state index in [1.807, 2.05) is 18.2 Å². The minimum absolute atomic E-state index is 0.221. The van der Waals surface area contributed by atoms with Gasteiger partial charge in [-0.1, -0.05) is 30.3 Å². The molecule has 0 aliphatic carbocycles. The summed E-state index contributed by atoms with van der Waals surface area (Å²) in [6.45, 7) is 0.221. The molecule has 0 spiro atoms. The number of aliphatic hydroxyl groups is 1. The topological polar surface area (TPSA) is 20.2 Å². The third-order valence-electron chi connectivity index (χ3n) is 1.88. The molecular formula is C10H14OS. The van der Waals surface area contributed by atoms with Gasteiger partial charge in [0.2, 0.25) is 0 Å². The van der Waals surface area contributed by atoms with Crippen LogP contribution in [0.3, 0.4) is 0 Å². The third-order valence-corrected chi connectivity index (χ3v) is 2.40. The van der Waals surface area contributed by atoms with Crippen LogP contribution in [0.4, 0.5) is 0 Å². The Morgan fingerprint density at radius 3 is 2.42 bits per heavy atom. The number of hydrogen-bond acceptors (Lipinski definition) is 2. The highest BCUT2D eigenvalue weighted by molar-refractivity contribution is 7.80. The van der Waals surface area contributed by atoms with Gasteiger partial charge in [0, 0.05) is 6.61 Å².